The molecule has 3 heterocycles. The third kappa shape index (κ3) is 3.45. The molecule has 26 heavy (non-hydrogen) atoms. The highest BCUT2D eigenvalue weighted by atomic mass is 15.4. The van der Waals surface area contributed by atoms with Crippen molar-refractivity contribution in [2.75, 3.05) is 56.6 Å². The van der Waals surface area contributed by atoms with E-state index in [0.29, 0.717) is 0 Å². The number of rotatable bonds is 5. The molecule has 0 saturated carbocycles. The highest BCUT2D eigenvalue weighted by molar-refractivity contribution is 5.91. The molecule has 136 valence electrons. The topological polar surface area (TPSA) is 66.2 Å². The fourth-order valence-electron chi connectivity index (χ4n) is 3.41. The van der Waals surface area contributed by atoms with E-state index in [4.69, 9.17) is 0 Å². The summed E-state index contributed by atoms with van der Waals surface area (Å²) in [5.74, 6) is 0.961. The highest BCUT2D eigenvalue weighted by Gasteiger charge is 2.18. The molecule has 3 aromatic rings. The van der Waals surface area contributed by atoms with Gasteiger partial charge in [-0.15, -0.1) is 5.10 Å². The van der Waals surface area contributed by atoms with Crippen LogP contribution in [0.5, 0.6) is 0 Å². The molecule has 4 rings (SSSR count). The molecule has 1 saturated heterocycles. The Kier molecular flexibility index (Phi) is 4.66. The second kappa shape index (κ2) is 7.25. The van der Waals surface area contributed by atoms with Crippen LogP contribution in [0.4, 0.5) is 11.5 Å². The third-order valence-electron chi connectivity index (χ3n) is 4.88. The van der Waals surface area contributed by atoms with Crippen LogP contribution in [0.2, 0.25) is 0 Å². The Hall–Kier alpha value is -2.74. The van der Waals surface area contributed by atoms with Crippen molar-refractivity contribution >= 4 is 22.4 Å². The van der Waals surface area contributed by atoms with E-state index < -0.39 is 0 Å². The van der Waals surface area contributed by atoms with E-state index in [0.717, 1.165) is 56.0 Å². The maximum Gasteiger partial charge on any atom is 0.139 e. The van der Waals surface area contributed by atoms with Gasteiger partial charge in [0.25, 0.3) is 0 Å². The van der Waals surface area contributed by atoms with Crippen LogP contribution in [-0.4, -0.2) is 76.7 Å². The van der Waals surface area contributed by atoms with Crippen LogP contribution < -0.4 is 9.80 Å². The normalized spacial score (nSPS) is 15.5. The SMILES string of the molecule is CN(C)c1ncnc2ccc(N3CCN(CCn4ccnn4)CC3)cc12. The second-order valence-electron chi connectivity index (χ2n) is 6.79. The van der Waals surface area contributed by atoms with E-state index in [1.807, 2.05) is 29.9 Å². The van der Waals surface area contributed by atoms with Gasteiger partial charge in [-0.25, -0.2) is 9.97 Å². The van der Waals surface area contributed by atoms with Crippen molar-refractivity contribution in [2.45, 2.75) is 6.54 Å². The summed E-state index contributed by atoms with van der Waals surface area (Å²) in [6.45, 7) is 6.05. The lowest BCUT2D eigenvalue weighted by Crippen LogP contribution is -2.47. The molecule has 1 fully saturated rings. The zero-order chi connectivity index (χ0) is 17.9. The molecule has 0 bridgehead atoms. The molecule has 1 aromatic carbocycles. The molecule has 0 N–H and O–H groups in total. The molecule has 1 aliphatic heterocycles. The van der Waals surface area contributed by atoms with E-state index in [1.54, 1.807) is 12.5 Å². The minimum absolute atomic E-state index is 0.888. The second-order valence-corrected chi connectivity index (χ2v) is 6.79. The van der Waals surface area contributed by atoms with Gasteiger partial charge in [-0.3, -0.25) is 9.58 Å². The lowest BCUT2D eigenvalue weighted by atomic mass is 10.1. The van der Waals surface area contributed by atoms with Gasteiger partial charge in [0.1, 0.15) is 12.1 Å². The summed E-state index contributed by atoms with van der Waals surface area (Å²) in [6.07, 6.45) is 5.27. The first-order valence-electron chi connectivity index (χ1n) is 8.94. The fourth-order valence-corrected chi connectivity index (χ4v) is 3.41. The molecule has 0 amide bonds. The summed E-state index contributed by atoms with van der Waals surface area (Å²) in [7, 11) is 4.03. The van der Waals surface area contributed by atoms with Gasteiger partial charge in [-0.1, -0.05) is 5.21 Å². The van der Waals surface area contributed by atoms with Gasteiger partial charge in [-0.05, 0) is 18.2 Å². The van der Waals surface area contributed by atoms with Crippen molar-refractivity contribution in [3.63, 3.8) is 0 Å². The van der Waals surface area contributed by atoms with E-state index in [2.05, 4.69) is 48.3 Å². The van der Waals surface area contributed by atoms with Gasteiger partial charge >= 0.3 is 0 Å². The van der Waals surface area contributed by atoms with Crippen LogP contribution in [0.25, 0.3) is 10.9 Å². The van der Waals surface area contributed by atoms with Crippen molar-refractivity contribution in [1.82, 2.24) is 29.9 Å². The lowest BCUT2D eigenvalue weighted by molar-refractivity contribution is 0.244. The summed E-state index contributed by atoms with van der Waals surface area (Å²) >= 11 is 0. The van der Waals surface area contributed by atoms with Crippen molar-refractivity contribution in [2.24, 2.45) is 0 Å². The van der Waals surface area contributed by atoms with Crippen LogP contribution in [0.15, 0.2) is 36.9 Å². The molecule has 2 aromatic heterocycles. The summed E-state index contributed by atoms with van der Waals surface area (Å²) in [5, 5.41) is 8.98. The summed E-state index contributed by atoms with van der Waals surface area (Å²) < 4.78 is 1.89. The predicted molar refractivity (Wildman–Crippen MR) is 103 cm³/mol. The van der Waals surface area contributed by atoms with Crippen LogP contribution >= 0.6 is 0 Å². The molecule has 0 spiro atoms. The summed E-state index contributed by atoms with van der Waals surface area (Å²) in [4.78, 5) is 15.8. The van der Waals surface area contributed by atoms with Gasteiger partial charge < -0.3 is 9.80 Å². The largest absolute Gasteiger partial charge is 0.369 e. The van der Waals surface area contributed by atoms with Crippen LogP contribution in [0.1, 0.15) is 0 Å². The number of piperazine rings is 1. The molecular weight excluding hydrogens is 328 g/mol. The van der Waals surface area contributed by atoms with Gasteiger partial charge in [0.2, 0.25) is 0 Å². The molecule has 1 aliphatic rings. The molecule has 0 unspecified atom stereocenters. The first-order valence-corrected chi connectivity index (χ1v) is 8.94. The van der Waals surface area contributed by atoms with Gasteiger partial charge in [0.15, 0.2) is 0 Å². The molecule has 0 atom stereocenters. The minimum atomic E-state index is 0.888. The highest BCUT2D eigenvalue weighted by Crippen LogP contribution is 2.27. The minimum Gasteiger partial charge on any atom is -0.369 e. The van der Waals surface area contributed by atoms with Crippen molar-refractivity contribution in [3.05, 3.63) is 36.9 Å². The quantitative estimate of drug-likeness (QED) is 0.681. The smallest absolute Gasteiger partial charge is 0.139 e. The number of benzene rings is 1. The summed E-state index contributed by atoms with van der Waals surface area (Å²) in [6, 6.07) is 6.48. The van der Waals surface area contributed by atoms with Gasteiger partial charge in [0, 0.05) is 64.1 Å². The number of anilines is 2. The molecule has 8 nitrogen and oxygen atoms in total. The average molecular weight is 352 g/mol. The monoisotopic (exact) mass is 352 g/mol. The van der Waals surface area contributed by atoms with E-state index in [-0.39, 0.29) is 0 Å². The number of hydrogen-bond donors (Lipinski definition) is 0. The van der Waals surface area contributed by atoms with Crippen molar-refractivity contribution in [1.29, 1.82) is 0 Å². The van der Waals surface area contributed by atoms with E-state index >= 15 is 0 Å². The van der Waals surface area contributed by atoms with Crippen LogP contribution in [-0.2, 0) is 6.54 Å². The van der Waals surface area contributed by atoms with Gasteiger partial charge in [-0.2, -0.15) is 0 Å². The molecular formula is C18H24N8. The van der Waals surface area contributed by atoms with Crippen molar-refractivity contribution < 1.29 is 0 Å². The fraction of sp³-hybridized carbons (Fsp3) is 0.444. The van der Waals surface area contributed by atoms with E-state index in [9.17, 15) is 0 Å². The number of nitrogens with zero attached hydrogens (tertiary/aromatic N) is 8. The molecule has 8 heteroatoms. The maximum absolute atomic E-state index is 4.43. The number of fused-ring (bicyclic) bond motifs is 1. The molecule has 0 aliphatic carbocycles. The number of hydrogen-bond acceptors (Lipinski definition) is 7. The van der Waals surface area contributed by atoms with Crippen LogP contribution in [0.3, 0.4) is 0 Å². The van der Waals surface area contributed by atoms with Crippen molar-refractivity contribution in [3.8, 4) is 0 Å². The number of aromatic nitrogens is 5. The average Bonchev–Trinajstić information content (AvgIpc) is 3.19. The first-order chi connectivity index (χ1) is 12.7. The summed E-state index contributed by atoms with van der Waals surface area (Å²) in [5.41, 5.74) is 2.23. The molecule has 0 radical (unpaired) electrons. The Morgan fingerprint density at radius 1 is 1.04 bits per heavy atom. The third-order valence-corrected chi connectivity index (χ3v) is 4.88. The van der Waals surface area contributed by atoms with Gasteiger partial charge in [0.05, 0.1) is 18.3 Å². The Bertz CT molecular complexity index is 853. The Labute approximate surface area is 153 Å². The lowest BCUT2D eigenvalue weighted by Gasteiger charge is -2.36. The zero-order valence-electron chi connectivity index (χ0n) is 15.3. The first kappa shape index (κ1) is 16.7. The standard InChI is InChI=1S/C18H24N8/c1-23(2)18-16-13-15(3-4-17(16)19-14-20-18)25-10-7-24(8-11-25)9-12-26-6-5-21-22-26/h3-6,13-14H,7-12H2,1-2H3. The Morgan fingerprint density at radius 2 is 1.88 bits per heavy atom. The Morgan fingerprint density at radius 3 is 2.62 bits per heavy atom. The van der Waals surface area contributed by atoms with E-state index in [1.165, 1.54) is 5.69 Å². The zero-order valence-corrected chi connectivity index (χ0v) is 15.3. The Balaban J connectivity index is 1.43. The van der Waals surface area contributed by atoms with Crippen LogP contribution in [0, 0.1) is 0 Å². The maximum atomic E-state index is 4.43. The predicted octanol–water partition coefficient (Wildman–Crippen LogP) is 1.11.